The molecule has 1 rings (SSSR count). The molecule has 3 unspecified atom stereocenters. The Balaban J connectivity index is 1.95. The molecule has 1 saturated heterocycles. The van der Waals surface area contributed by atoms with E-state index < -0.39 is 12.4 Å². The lowest BCUT2D eigenvalue weighted by molar-refractivity contribution is 0.154. The fraction of sp³-hybridized carbons (Fsp3) is 1.00. The zero-order chi connectivity index (χ0) is 7.56. The second kappa shape index (κ2) is 3.30. The minimum absolute atomic E-state index is 0.0544. The van der Waals surface area contributed by atoms with E-state index in [0.717, 1.165) is 0 Å². The van der Waals surface area contributed by atoms with Gasteiger partial charge >= 0.3 is 0 Å². The van der Waals surface area contributed by atoms with E-state index in [1.165, 1.54) is 0 Å². The second-order valence-electron chi connectivity index (χ2n) is 2.53. The molecule has 0 spiro atoms. The highest BCUT2D eigenvalue weighted by molar-refractivity contribution is 4.75. The fourth-order valence-corrected chi connectivity index (χ4v) is 0.819. The van der Waals surface area contributed by atoms with Crippen LogP contribution in [0.2, 0.25) is 0 Å². The Hall–Kier alpha value is -0.160. The molecule has 4 N–H and O–H groups in total. The summed E-state index contributed by atoms with van der Waals surface area (Å²) in [6, 6.07) is 0. The minimum Gasteiger partial charge on any atom is -0.392 e. The summed E-state index contributed by atoms with van der Waals surface area (Å²) in [5, 5.41) is 17.6. The standard InChI is InChI=1S/C6H13NO3/c7-3-4(8)1-2-5-6(9)10-5/h4-6,8-9H,1-3,7H2. The molecular weight excluding hydrogens is 134 g/mol. The molecular formula is C6H13NO3. The molecule has 1 heterocycles. The first-order chi connectivity index (χ1) is 4.74. The molecule has 10 heavy (non-hydrogen) atoms. The van der Waals surface area contributed by atoms with E-state index in [1.54, 1.807) is 0 Å². The quantitative estimate of drug-likeness (QED) is 0.436. The van der Waals surface area contributed by atoms with Crippen LogP contribution in [0, 0.1) is 0 Å². The molecule has 1 fully saturated rings. The second-order valence-corrected chi connectivity index (χ2v) is 2.53. The van der Waals surface area contributed by atoms with Gasteiger partial charge in [0.1, 0.15) is 6.10 Å². The van der Waals surface area contributed by atoms with E-state index in [4.69, 9.17) is 20.7 Å². The van der Waals surface area contributed by atoms with Gasteiger partial charge in [-0.15, -0.1) is 0 Å². The van der Waals surface area contributed by atoms with Crippen molar-refractivity contribution in [2.75, 3.05) is 6.54 Å². The Morgan fingerprint density at radius 1 is 1.60 bits per heavy atom. The summed E-state index contributed by atoms with van der Waals surface area (Å²) in [6.45, 7) is 0.281. The van der Waals surface area contributed by atoms with Crippen LogP contribution >= 0.6 is 0 Å². The van der Waals surface area contributed by atoms with Crippen LogP contribution in [0.5, 0.6) is 0 Å². The fourth-order valence-electron chi connectivity index (χ4n) is 0.819. The van der Waals surface area contributed by atoms with E-state index in [9.17, 15) is 0 Å². The average Bonchev–Trinajstić information content (AvgIpc) is 2.61. The van der Waals surface area contributed by atoms with Gasteiger partial charge in [0.05, 0.1) is 6.10 Å². The van der Waals surface area contributed by atoms with Gasteiger partial charge in [0, 0.05) is 6.54 Å². The topological polar surface area (TPSA) is 79.0 Å². The van der Waals surface area contributed by atoms with E-state index >= 15 is 0 Å². The maximum atomic E-state index is 8.96. The van der Waals surface area contributed by atoms with Crippen LogP contribution in [0.15, 0.2) is 0 Å². The van der Waals surface area contributed by atoms with E-state index in [-0.39, 0.29) is 12.6 Å². The Labute approximate surface area is 59.6 Å². The SMILES string of the molecule is NCC(O)CCC1OC1O. The van der Waals surface area contributed by atoms with Crippen LogP contribution < -0.4 is 5.73 Å². The van der Waals surface area contributed by atoms with Gasteiger partial charge in [-0.2, -0.15) is 0 Å². The normalized spacial score (nSPS) is 33.9. The van der Waals surface area contributed by atoms with Gasteiger partial charge in [0.15, 0.2) is 6.29 Å². The molecule has 0 radical (unpaired) electrons. The van der Waals surface area contributed by atoms with Crippen molar-refractivity contribution in [3.63, 3.8) is 0 Å². The summed E-state index contributed by atoms with van der Waals surface area (Å²) in [5.41, 5.74) is 5.16. The zero-order valence-corrected chi connectivity index (χ0v) is 5.73. The van der Waals surface area contributed by atoms with E-state index in [2.05, 4.69) is 0 Å². The summed E-state index contributed by atoms with van der Waals surface area (Å²) in [4.78, 5) is 0. The maximum Gasteiger partial charge on any atom is 0.181 e. The summed E-state index contributed by atoms with van der Waals surface area (Å²) in [6.07, 6.45) is 0.208. The Kier molecular flexibility index (Phi) is 2.62. The Morgan fingerprint density at radius 2 is 2.20 bits per heavy atom. The van der Waals surface area contributed by atoms with Gasteiger partial charge in [-0.3, -0.25) is 0 Å². The molecule has 0 bridgehead atoms. The first-order valence-corrected chi connectivity index (χ1v) is 3.45. The molecule has 0 aromatic heterocycles. The molecule has 0 aromatic rings. The molecule has 0 amide bonds. The molecule has 1 aliphatic heterocycles. The monoisotopic (exact) mass is 147 g/mol. The van der Waals surface area contributed by atoms with Gasteiger partial charge in [-0.05, 0) is 12.8 Å². The highest BCUT2D eigenvalue weighted by Gasteiger charge is 2.36. The lowest BCUT2D eigenvalue weighted by atomic mass is 10.1. The molecule has 4 heteroatoms. The third kappa shape index (κ3) is 2.22. The first-order valence-electron chi connectivity index (χ1n) is 3.45. The van der Waals surface area contributed by atoms with Crippen molar-refractivity contribution in [3.05, 3.63) is 0 Å². The van der Waals surface area contributed by atoms with Crippen LogP contribution in [0.3, 0.4) is 0 Å². The van der Waals surface area contributed by atoms with Gasteiger partial charge in [-0.25, -0.2) is 0 Å². The molecule has 0 aromatic carbocycles. The lowest BCUT2D eigenvalue weighted by Crippen LogP contribution is -2.20. The number of nitrogens with two attached hydrogens (primary N) is 1. The molecule has 0 saturated carbocycles. The van der Waals surface area contributed by atoms with Crippen LogP contribution in [0.25, 0.3) is 0 Å². The maximum absolute atomic E-state index is 8.96. The van der Waals surface area contributed by atoms with Gasteiger partial charge in [0.2, 0.25) is 0 Å². The van der Waals surface area contributed by atoms with Crippen molar-refractivity contribution < 1.29 is 14.9 Å². The smallest absolute Gasteiger partial charge is 0.181 e. The highest BCUT2D eigenvalue weighted by Crippen LogP contribution is 2.23. The minimum atomic E-state index is -0.593. The molecule has 3 atom stereocenters. The van der Waals surface area contributed by atoms with Crippen LogP contribution in [0.1, 0.15) is 12.8 Å². The third-order valence-electron chi connectivity index (χ3n) is 1.61. The number of aliphatic hydroxyl groups is 2. The summed E-state index contributed by atoms with van der Waals surface area (Å²) in [7, 11) is 0. The molecule has 4 nitrogen and oxygen atoms in total. The summed E-state index contributed by atoms with van der Waals surface area (Å²) in [5.74, 6) is 0. The van der Waals surface area contributed by atoms with Gasteiger partial charge < -0.3 is 20.7 Å². The van der Waals surface area contributed by atoms with Crippen molar-refractivity contribution in [2.45, 2.75) is 31.3 Å². The van der Waals surface area contributed by atoms with Crippen molar-refractivity contribution >= 4 is 0 Å². The lowest BCUT2D eigenvalue weighted by Gasteiger charge is -2.03. The number of hydrogen-bond donors (Lipinski definition) is 3. The Morgan fingerprint density at radius 3 is 2.60 bits per heavy atom. The molecule has 1 aliphatic rings. The number of ether oxygens (including phenoxy) is 1. The number of aliphatic hydroxyl groups excluding tert-OH is 2. The summed E-state index contributed by atoms with van der Waals surface area (Å²) >= 11 is 0. The third-order valence-corrected chi connectivity index (χ3v) is 1.61. The predicted molar refractivity (Wildman–Crippen MR) is 35.2 cm³/mol. The number of rotatable bonds is 4. The van der Waals surface area contributed by atoms with E-state index in [0.29, 0.717) is 12.8 Å². The van der Waals surface area contributed by atoms with Crippen molar-refractivity contribution in [2.24, 2.45) is 5.73 Å². The van der Waals surface area contributed by atoms with Crippen LogP contribution in [-0.2, 0) is 4.74 Å². The van der Waals surface area contributed by atoms with Crippen molar-refractivity contribution in [1.29, 1.82) is 0 Å². The first kappa shape index (κ1) is 7.94. The largest absolute Gasteiger partial charge is 0.392 e. The number of hydrogen-bond acceptors (Lipinski definition) is 4. The molecule has 60 valence electrons. The number of epoxide rings is 1. The van der Waals surface area contributed by atoms with Crippen molar-refractivity contribution in [3.8, 4) is 0 Å². The summed E-state index contributed by atoms with van der Waals surface area (Å²) < 4.78 is 4.72. The van der Waals surface area contributed by atoms with Gasteiger partial charge in [-0.1, -0.05) is 0 Å². The van der Waals surface area contributed by atoms with Gasteiger partial charge in [0.25, 0.3) is 0 Å². The zero-order valence-electron chi connectivity index (χ0n) is 5.73. The highest BCUT2D eigenvalue weighted by atomic mass is 16.7. The average molecular weight is 147 g/mol. The van der Waals surface area contributed by atoms with Crippen LogP contribution in [0.4, 0.5) is 0 Å². The Bertz CT molecular complexity index is 105. The predicted octanol–water partition coefficient (Wildman–Crippen LogP) is -1.20. The van der Waals surface area contributed by atoms with Crippen LogP contribution in [-0.4, -0.2) is 35.3 Å². The van der Waals surface area contributed by atoms with Crippen molar-refractivity contribution in [1.82, 2.24) is 0 Å². The molecule has 0 aliphatic carbocycles. The van der Waals surface area contributed by atoms with E-state index in [1.807, 2.05) is 0 Å².